The highest BCUT2D eigenvalue weighted by atomic mass is 35.5. The third-order valence-electron chi connectivity index (χ3n) is 4.78. The summed E-state index contributed by atoms with van der Waals surface area (Å²) in [7, 11) is 0. The van der Waals surface area contributed by atoms with Crippen molar-refractivity contribution in [3.05, 3.63) is 75.0 Å². The van der Waals surface area contributed by atoms with E-state index in [4.69, 9.17) is 23.2 Å². The zero-order chi connectivity index (χ0) is 21.3. The SMILES string of the molecule is O=C(c1cc(Cl)cc(Cl)c1)N1CCN(C(=O)c2cnc(-c3ccccc3F)s2)CC1. The highest BCUT2D eigenvalue weighted by Crippen LogP contribution is 2.28. The van der Waals surface area contributed by atoms with Crippen molar-refractivity contribution in [2.45, 2.75) is 0 Å². The molecule has 0 saturated carbocycles. The van der Waals surface area contributed by atoms with Crippen LogP contribution in [0.4, 0.5) is 4.39 Å². The van der Waals surface area contributed by atoms with Crippen LogP contribution in [0, 0.1) is 5.82 Å². The van der Waals surface area contributed by atoms with E-state index in [2.05, 4.69) is 4.98 Å². The van der Waals surface area contributed by atoms with Gasteiger partial charge in [-0.2, -0.15) is 0 Å². The number of benzene rings is 2. The topological polar surface area (TPSA) is 53.5 Å². The Morgan fingerprint density at radius 1 is 0.933 bits per heavy atom. The summed E-state index contributed by atoms with van der Waals surface area (Å²) < 4.78 is 14.0. The molecule has 1 aliphatic heterocycles. The Bertz CT molecular complexity index is 1090. The highest BCUT2D eigenvalue weighted by Gasteiger charge is 2.27. The average molecular weight is 464 g/mol. The fraction of sp³-hybridized carbons (Fsp3) is 0.190. The van der Waals surface area contributed by atoms with Crippen molar-refractivity contribution in [3.63, 3.8) is 0 Å². The number of carbonyl (C=O) groups excluding carboxylic acids is 2. The van der Waals surface area contributed by atoms with Gasteiger partial charge < -0.3 is 9.80 Å². The standard InChI is InChI=1S/C21H16Cl2FN3O2S/c22-14-9-13(10-15(23)11-14)20(28)26-5-7-27(8-6-26)21(29)18-12-25-19(30-18)16-3-1-2-4-17(16)24/h1-4,9-12H,5-8H2. The van der Waals surface area contributed by atoms with E-state index < -0.39 is 0 Å². The molecule has 1 saturated heterocycles. The average Bonchev–Trinajstić information content (AvgIpc) is 3.22. The van der Waals surface area contributed by atoms with Crippen LogP contribution in [0.1, 0.15) is 20.0 Å². The number of thiazole rings is 1. The summed E-state index contributed by atoms with van der Waals surface area (Å²) in [6, 6.07) is 11.1. The molecule has 2 amide bonds. The van der Waals surface area contributed by atoms with E-state index in [0.717, 1.165) is 11.3 Å². The Hall–Kier alpha value is -2.48. The first kappa shape index (κ1) is 20.8. The normalized spacial score (nSPS) is 14.1. The third kappa shape index (κ3) is 4.33. The van der Waals surface area contributed by atoms with Gasteiger partial charge in [-0.15, -0.1) is 11.3 Å². The molecule has 1 aliphatic rings. The van der Waals surface area contributed by atoms with Crippen LogP contribution >= 0.6 is 34.5 Å². The zero-order valence-electron chi connectivity index (χ0n) is 15.6. The van der Waals surface area contributed by atoms with Crippen molar-refractivity contribution < 1.29 is 14.0 Å². The van der Waals surface area contributed by atoms with Gasteiger partial charge in [0.15, 0.2) is 0 Å². The monoisotopic (exact) mass is 463 g/mol. The maximum atomic E-state index is 14.0. The minimum Gasteiger partial charge on any atom is -0.335 e. The van der Waals surface area contributed by atoms with Crippen LogP contribution in [-0.4, -0.2) is 52.8 Å². The molecule has 2 heterocycles. The molecule has 2 aromatic carbocycles. The van der Waals surface area contributed by atoms with Crippen molar-refractivity contribution in [1.29, 1.82) is 0 Å². The van der Waals surface area contributed by atoms with Crippen LogP contribution < -0.4 is 0 Å². The van der Waals surface area contributed by atoms with Gasteiger partial charge in [-0.05, 0) is 30.3 Å². The molecule has 154 valence electrons. The van der Waals surface area contributed by atoms with E-state index in [1.165, 1.54) is 12.3 Å². The van der Waals surface area contributed by atoms with Gasteiger partial charge in [0.2, 0.25) is 0 Å². The van der Waals surface area contributed by atoms with Crippen molar-refractivity contribution in [1.82, 2.24) is 14.8 Å². The molecule has 0 aliphatic carbocycles. The molecule has 0 radical (unpaired) electrons. The van der Waals surface area contributed by atoms with E-state index >= 15 is 0 Å². The number of hydrogen-bond acceptors (Lipinski definition) is 4. The molecule has 4 rings (SSSR count). The molecule has 0 atom stereocenters. The van der Waals surface area contributed by atoms with Crippen LogP contribution in [0.3, 0.4) is 0 Å². The van der Waals surface area contributed by atoms with E-state index in [-0.39, 0.29) is 17.6 Å². The number of carbonyl (C=O) groups is 2. The van der Waals surface area contributed by atoms with Crippen LogP contribution in [0.15, 0.2) is 48.7 Å². The predicted octanol–water partition coefficient (Wildman–Crippen LogP) is 4.85. The lowest BCUT2D eigenvalue weighted by molar-refractivity contribution is 0.0538. The van der Waals surface area contributed by atoms with Gasteiger partial charge >= 0.3 is 0 Å². The number of amides is 2. The first-order chi connectivity index (χ1) is 14.4. The second-order valence-electron chi connectivity index (χ2n) is 6.75. The summed E-state index contributed by atoms with van der Waals surface area (Å²) in [5.41, 5.74) is 0.793. The summed E-state index contributed by atoms with van der Waals surface area (Å²) in [6.45, 7) is 1.58. The van der Waals surface area contributed by atoms with E-state index in [1.54, 1.807) is 46.2 Å². The zero-order valence-corrected chi connectivity index (χ0v) is 18.0. The first-order valence-electron chi connectivity index (χ1n) is 9.18. The molecular formula is C21H16Cl2FN3O2S. The molecule has 5 nitrogen and oxygen atoms in total. The van der Waals surface area contributed by atoms with Crippen LogP contribution in [0.25, 0.3) is 10.6 Å². The number of rotatable bonds is 3. The fourth-order valence-corrected chi connectivity index (χ4v) is 4.70. The smallest absolute Gasteiger partial charge is 0.265 e. The third-order valence-corrected chi connectivity index (χ3v) is 6.24. The van der Waals surface area contributed by atoms with Gasteiger partial charge in [0, 0.05) is 47.4 Å². The predicted molar refractivity (Wildman–Crippen MR) is 116 cm³/mol. The second kappa shape index (κ2) is 8.71. The molecular weight excluding hydrogens is 448 g/mol. The molecule has 0 spiro atoms. The van der Waals surface area contributed by atoms with Crippen molar-refractivity contribution >= 4 is 46.4 Å². The minimum atomic E-state index is -0.376. The van der Waals surface area contributed by atoms with Crippen LogP contribution in [0.2, 0.25) is 10.0 Å². The summed E-state index contributed by atoms with van der Waals surface area (Å²) in [4.78, 5) is 33.5. The number of aromatic nitrogens is 1. The molecule has 0 unspecified atom stereocenters. The van der Waals surface area contributed by atoms with Gasteiger partial charge in [-0.1, -0.05) is 35.3 Å². The van der Waals surface area contributed by atoms with Gasteiger partial charge in [0.25, 0.3) is 11.8 Å². The van der Waals surface area contributed by atoms with Gasteiger partial charge in [0.1, 0.15) is 15.7 Å². The highest BCUT2D eigenvalue weighted by molar-refractivity contribution is 7.16. The Morgan fingerprint density at radius 2 is 1.53 bits per heavy atom. The summed E-state index contributed by atoms with van der Waals surface area (Å²) in [5, 5.41) is 1.26. The number of nitrogens with zero attached hydrogens (tertiary/aromatic N) is 3. The Balaban J connectivity index is 1.41. The fourth-order valence-electron chi connectivity index (χ4n) is 3.26. The van der Waals surface area contributed by atoms with Gasteiger partial charge in [0.05, 0.1) is 6.20 Å². The number of hydrogen-bond donors (Lipinski definition) is 0. The molecule has 9 heteroatoms. The Labute approximate surface area is 186 Å². The molecule has 0 N–H and O–H groups in total. The van der Waals surface area contributed by atoms with Gasteiger partial charge in [-0.25, -0.2) is 9.37 Å². The van der Waals surface area contributed by atoms with Crippen molar-refractivity contribution in [2.24, 2.45) is 0 Å². The van der Waals surface area contributed by atoms with Crippen LogP contribution in [0.5, 0.6) is 0 Å². The molecule has 1 fully saturated rings. The van der Waals surface area contributed by atoms with E-state index in [9.17, 15) is 14.0 Å². The minimum absolute atomic E-state index is 0.173. The van der Waals surface area contributed by atoms with Crippen LogP contribution in [-0.2, 0) is 0 Å². The molecule has 1 aromatic heterocycles. The van der Waals surface area contributed by atoms with E-state index in [0.29, 0.717) is 57.2 Å². The van der Waals surface area contributed by atoms with E-state index in [1.807, 2.05) is 0 Å². The molecule has 3 aromatic rings. The van der Waals surface area contributed by atoms with Crippen molar-refractivity contribution in [2.75, 3.05) is 26.2 Å². The number of piperazine rings is 1. The Morgan fingerprint density at radius 3 is 2.17 bits per heavy atom. The Kier molecular flexibility index (Phi) is 6.04. The largest absolute Gasteiger partial charge is 0.335 e. The second-order valence-corrected chi connectivity index (χ2v) is 8.66. The summed E-state index contributed by atoms with van der Waals surface area (Å²) >= 11 is 13.1. The lowest BCUT2D eigenvalue weighted by atomic mass is 10.2. The molecule has 30 heavy (non-hydrogen) atoms. The van der Waals surface area contributed by atoms with Crippen molar-refractivity contribution in [3.8, 4) is 10.6 Å². The maximum absolute atomic E-state index is 14.0. The maximum Gasteiger partial charge on any atom is 0.265 e. The number of halogens is 3. The quantitative estimate of drug-likeness (QED) is 0.557. The lowest BCUT2D eigenvalue weighted by Crippen LogP contribution is -2.50. The summed E-state index contributed by atoms with van der Waals surface area (Å²) in [5.74, 6) is -0.724. The first-order valence-corrected chi connectivity index (χ1v) is 10.7. The van der Waals surface area contributed by atoms with Gasteiger partial charge in [-0.3, -0.25) is 9.59 Å². The lowest BCUT2D eigenvalue weighted by Gasteiger charge is -2.34. The summed E-state index contributed by atoms with van der Waals surface area (Å²) in [6.07, 6.45) is 1.47. The molecule has 0 bridgehead atoms.